The summed E-state index contributed by atoms with van der Waals surface area (Å²) in [5.74, 6) is -0.751. The van der Waals surface area contributed by atoms with Gasteiger partial charge in [0.15, 0.2) is 0 Å². The highest BCUT2D eigenvalue weighted by atomic mass is 16.4. The number of H-pyrrole nitrogens is 1. The fraction of sp³-hybridized carbons (Fsp3) is 0.550. The van der Waals surface area contributed by atoms with E-state index in [1.54, 1.807) is 0 Å². The largest absolute Gasteiger partial charge is 0.480 e. The fourth-order valence-corrected chi connectivity index (χ4v) is 3.84. The average molecular weight is 328 g/mol. The predicted octanol–water partition coefficient (Wildman–Crippen LogP) is 4.56. The number of carboxylic acid groups (broad SMARTS) is 1. The maximum atomic E-state index is 11.5. The number of hydrogen-bond acceptors (Lipinski definition) is 2. The molecular weight excluding hydrogens is 300 g/mol. The van der Waals surface area contributed by atoms with Gasteiger partial charge >= 0.3 is 5.97 Å². The van der Waals surface area contributed by atoms with Crippen LogP contribution in [-0.4, -0.2) is 22.1 Å². The van der Waals surface area contributed by atoms with Crippen molar-refractivity contribution in [3.05, 3.63) is 35.5 Å². The Hall–Kier alpha value is -1.81. The third-order valence-electron chi connectivity index (χ3n) is 5.15. The van der Waals surface area contributed by atoms with Gasteiger partial charge in [-0.1, -0.05) is 63.6 Å². The van der Waals surface area contributed by atoms with Gasteiger partial charge < -0.3 is 10.1 Å². The first-order valence-electron chi connectivity index (χ1n) is 9.29. The number of rotatable bonds is 8. The molecule has 1 aliphatic heterocycles. The van der Waals surface area contributed by atoms with Gasteiger partial charge in [-0.25, -0.2) is 0 Å². The third-order valence-corrected chi connectivity index (χ3v) is 5.15. The Morgan fingerprint density at radius 1 is 1.17 bits per heavy atom. The van der Waals surface area contributed by atoms with Crippen LogP contribution in [0.1, 0.15) is 69.2 Å². The number of carboxylic acids is 1. The number of hydrogen-bond donors (Lipinski definition) is 3. The molecule has 3 N–H and O–H groups in total. The molecule has 0 spiro atoms. The van der Waals surface area contributed by atoms with E-state index in [2.05, 4.69) is 29.4 Å². The topological polar surface area (TPSA) is 65.1 Å². The zero-order valence-electron chi connectivity index (χ0n) is 14.5. The highest BCUT2D eigenvalue weighted by molar-refractivity contribution is 5.86. The van der Waals surface area contributed by atoms with Gasteiger partial charge in [-0.05, 0) is 18.1 Å². The van der Waals surface area contributed by atoms with Gasteiger partial charge in [-0.15, -0.1) is 0 Å². The van der Waals surface area contributed by atoms with Crippen LogP contribution in [0.25, 0.3) is 10.9 Å². The highest BCUT2D eigenvalue weighted by Gasteiger charge is 2.32. The predicted molar refractivity (Wildman–Crippen MR) is 97.3 cm³/mol. The summed E-state index contributed by atoms with van der Waals surface area (Å²) in [7, 11) is 0. The van der Waals surface area contributed by atoms with Gasteiger partial charge in [0.05, 0.1) is 0 Å². The van der Waals surface area contributed by atoms with E-state index in [1.165, 1.54) is 48.7 Å². The molecular formula is C20H28N2O2. The molecule has 24 heavy (non-hydrogen) atoms. The Bertz CT molecular complexity index is 692. The first-order chi connectivity index (χ1) is 11.7. The number of nitrogens with one attached hydrogen (secondary N) is 2. The Labute approximate surface area is 143 Å². The quantitative estimate of drug-likeness (QED) is 0.622. The zero-order valence-corrected chi connectivity index (χ0v) is 14.5. The molecule has 0 radical (unpaired) electrons. The summed E-state index contributed by atoms with van der Waals surface area (Å²) in [5, 5.41) is 14.0. The minimum absolute atomic E-state index is 0.119. The smallest absolute Gasteiger partial charge is 0.321 e. The van der Waals surface area contributed by atoms with Crippen LogP contribution in [0.2, 0.25) is 0 Å². The van der Waals surface area contributed by atoms with Crippen LogP contribution in [0.5, 0.6) is 0 Å². The standard InChI is InChI=1S/C20H28N2O2/c1-2-3-4-5-6-7-12-17-19-15(13-18(21-17)20(23)24)14-10-8-9-11-16(14)22-19/h8-11,17-18,21-22H,2-7,12-13H2,1H3,(H,23,24). The number of carbonyl (C=O) groups is 1. The summed E-state index contributed by atoms with van der Waals surface area (Å²) in [6.07, 6.45) is 9.09. The van der Waals surface area contributed by atoms with E-state index < -0.39 is 12.0 Å². The maximum absolute atomic E-state index is 11.5. The minimum atomic E-state index is -0.751. The van der Waals surface area contributed by atoms with E-state index in [9.17, 15) is 9.90 Å². The van der Waals surface area contributed by atoms with E-state index in [0.29, 0.717) is 6.42 Å². The number of fused-ring (bicyclic) bond motifs is 3. The van der Waals surface area contributed by atoms with E-state index in [0.717, 1.165) is 18.4 Å². The third kappa shape index (κ3) is 3.64. The van der Waals surface area contributed by atoms with Crippen molar-refractivity contribution in [2.75, 3.05) is 0 Å². The number of benzene rings is 1. The van der Waals surface area contributed by atoms with Crippen LogP contribution >= 0.6 is 0 Å². The van der Waals surface area contributed by atoms with Crippen molar-refractivity contribution in [3.8, 4) is 0 Å². The fourth-order valence-electron chi connectivity index (χ4n) is 3.84. The lowest BCUT2D eigenvalue weighted by atomic mass is 9.91. The molecule has 2 heterocycles. The summed E-state index contributed by atoms with van der Waals surface area (Å²) in [6.45, 7) is 2.23. The Morgan fingerprint density at radius 2 is 1.92 bits per heavy atom. The zero-order chi connectivity index (χ0) is 16.9. The van der Waals surface area contributed by atoms with Crippen molar-refractivity contribution in [2.24, 2.45) is 0 Å². The van der Waals surface area contributed by atoms with Gasteiger partial charge in [0, 0.05) is 29.1 Å². The van der Waals surface area contributed by atoms with E-state index >= 15 is 0 Å². The minimum Gasteiger partial charge on any atom is -0.480 e. The lowest BCUT2D eigenvalue weighted by Crippen LogP contribution is -2.44. The molecule has 4 heteroatoms. The highest BCUT2D eigenvalue weighted by Crippen LogP contribution is 2.34. The molecule has 0 bridgehead atoms. The van der Waals surface area contributed by atoms with E-state index in [4.69, 9.17) is 0 Å². The molecule has 1 aromatic heterocycles. The van der Waals surface area contributed by atoms with Gasteiger partial charge in [0.2, 0.25) is 0 Å². The number of aromatic nitrogens is 1. The molecule has 4 nitrogen and oxygen atoms in total. The van der Waals surface area contributed by atoms with Crippen molar-refractivity contribution in [2.45, 2.75) is 70.4 Å². The van der Waals surface area contributed by atoms with Gasteiger partial charge in [0.25, 0.3) is 0 Å². The molecule has 130 valence electrons. The molecule has 0 fully saturated rings. The first-order valence-corrected chi connectivity index (χ1v) is 9.29. The number of aromatic amines is 1. The molecule has 2 aromatic rings. The van der Waals surface area contributed by atoms with Crippen molar-refractivity contribution in [3.63, 3.8) is 0 Å². The lowest BCUT2D eigenvalue weighted by Gasteiger charge is -2.29. The first kappa shape index (κ1) is 17.0. The normalized spacial score (nSPS) is 20.2. The molecule has 1 aliphatic rings. The summed E-state index contributed by atoms with van der Waals surface area (Å²) in [4.78, 5) is 15.1. The molecule has 3 rings (SSSR count). The summed E-state index contributed by atoms with van der Waals surface area (Å²) < 4.78 is 0. The Kier molecular flexibility index (Phi) is 5.56. The average Bonchev–Trinajstić information content (AvgIpc) is 2.96. The molecule has 2 unspecified atom stereocenters. The monoisotopic (exact) mass is 328 g/mol. The Balaban J connectivity index is 1.73. The molecule has 0 amide bonds. The maximum Gasteiger partial charge on any atom is 0.321 e. The van der Waals surface area contributed by atoms with E-state index in [-0.39, 0.29) is 6.04 Å². The Morgan fingerprint density at radius 3 is 2.71 bits per heavy atom. The summed E-state index contributed by atoms with van der Waals surface area (Å²) in [6, 6.07) is 7.85. The molecule has 0 saturated carbocycles. The van der Waals surface area contributed by atoms with Gasteiger partial charge in [0.1, 0.15) is 6.04 Å². The number of para-hydroxylation sites is 1. The molecule has 0 aliphatic carbocycles. The van der Waals surface area contributed by atoms with Crippen LogP contribution < -0.4 is 5.32 Å². The second-order valence-corrected chi connectivity index (χ2v) is 6.93. The molecule has 1 aromatic carbocycles. The molecule has 0 saturated heterocycles. The van der Waals surface area contributed by atoms with Crippen molar-refractivity contribution < 1.29 is 9.90 Å². The molecule has 2 atom stereocenters. The van der Waals surface area contributed by atoms with Crippen LogP contribution in [0.3, 0.4) is 0 Å². The van der Waals surface area contributed by atoms with Gasteiger partial charge in [-0.3, -0.25) is 10.1 Å². The van der Waals surface area contributed by atoms with Crippen LogP contribution in [0.4, 0.5) is 0 Å². The number of aliphatic carboxylic acids is 1. The second-order valence-electron chi connectivity index (χ2n) is 6.93. The number of unbranched alkanes of at least 4 members (excludes halogenated alkanes) is 5. The van der Waals surface area contributed by atoms with E-state index in [1.807, 2.05) is 12.1 Å². The van der Waals surface area contributed by atoms with Gasteiger partial charge in [-0.2, -0.15) is 0 Å². The summed E-state index contributed by atoms with van der Waals surface area (Å²) >= 11 is 0. The van der Waals surface area contributed by atoms with Crippen molar-refractivity contribution >= 4 is 16.9 Å². The van der Waals surface area contributed by atoms with Crippen LogP contribution in [0.15, 0.2) is 24.3 Å². The van der Waals surface area contributed by atoms with Crippen LogP contribution in [0, 0.1) is 0 Å². The van der Waals surface area contributed by atoms with Crippen LogP contribution in [-0.2, 0) is 11.2 Å². The second kappa shape index (κ2) is 7.84. The van der Waals surface area contributed by atoms with Crippen molar-refractivity contribution in [1.29, 1.82) is 0 Å². The summed E-state index contributed by atoms with van der Waals surface area (Å²) in [5.41, 5.74) is 3.50. The van der Waals surface area contributed by atoms with Crippen molar-refractivity contribution in [1.82, 2.24) is 10.3 Å². The lowest BCUT2D eigenvalue weighted by molar-refractivity contribution is -0.139. The SMILES string of the molecule is CCCCCCCCC1NC(C(=O)O)Cc2c1[nH]c1ccccc21.